The van der Waals surface area contributed by atoms with Crippen LogP contribution in [0, 0.1) is 0 Å². The average molecular weight is 422 g/mol. The van der Waals surface area contributed by atoms with Crippen molar-refractivity contribution in [2.75, 3.05) is 6.54 Å². The summed E-state index contributed by atoms with van der Waals surface area (Å²) in [5.41, 5.74) is 0.920. The minimum atomic E-state index is -0.941. The van der Waals surface area contributed by atoms with E-state index in [9.17, 15) is 14.4 Å². The van der Waals surface area contributed by atoms with Crippen LogP contribution in [0.3, 0.4) is 0 Å². The van der Waals surface area contributed by atoms with Gasteiger partial charge in [-0.3, -0.25) is 14.5 Å². The number of hydrogen-bond acceptors (Lipinski definition) is 3. The topological polar surface area (TPSA) is 78.5 Å². The van der Waals surface area contributed by atoms with E-state index in [-0.39, 0.29) is 24.4 Å². The maximum Gasteiger partial charge on any atom is 0.325 e. The smallest absolute Gasteiger partial charge is 0.325 e. The molecule has 0 unspecified atom stereocenters. The summed E-state index contributed by atoms with van der Waals surface area (Å²) < 4.78 is 0. The third-order valence-electron chi connectivity index (χ3n) is 5.75. The molecule has 1 atom stereocenters. The molecule has 2 N–H and O–H groups in total. The summed E-state index contributed by atoms with van der Waals surface area (Å²) in [4.78, 5) is 39.3. The second-order valence-corrected chi connectivity index (χ2v) is 8.29. The fourth-order valence-corrected chi connectivity index (χ4v) is 3.97. The first-order valence-corrected chi connectivity index (χ1v) is 11.0. The number of carbonyl (C=O) groups is 3. The van der Waals surface area contributed by atoms with Crippen LogP contribution in [0.25, 0.3) is 0 Å². The van der Waals surface area contributed by atoms with Crippen molar-refractivity contribution in [1.29, 1.82) is 0 Å². The fraction of sp³-hybridized carbons (Fsp3) is 0.400. The molecule has 2 aromatic rings. The molecule has 0 radical (unpaired) electrons. The predicted octanol–water partition coefficient (Wildman–Crippen LogP) is 4.17. The molecule has 0 bridgehead atoms. The quantitative estimate of drug-likeness (QED) is 0.446. The van der Waals surface area contributed by atoms with Gasteiger partial charge in [-0.05, 0) is 24.5 Å². The van der Waals surface area contributed by atoms with E-state index < -0.39 is 11.6 Å². The summed E-state index contributed by atoms with van der Waals surface area (Å²) in [5, 5.41) is 5.78. The van der Waals surface area contributed by atoms with Crippen molar-refractivity contribution in [3.8, 4) is 0 Å². The molecule has 0 aliphatic carbocycles. The standard InChI is InChI=1S/C25H31N3O3/c1-3-4-5-12-17-25(2)23(30)28(24(31)27-25)18-21(29)26-22(19-13-8-6-9-14-19)20-15-10-7-11-16-20/h6-11,13-16,22H,3-5,12,17-18H2,1-2H3,(H,26,29)(H,27,31)/t25-/m1/s1. The van der Waals surface area contributed by atoms with E-state index in [0.29, 0.717) is 6.42 Å². The van der Waals surface area contributed by atoms with Gasteiger partial charge < -0.3 is 10.6 Å². The van der Waals surface area contributed by atoms with Gasteiger partial charge in [-0.25, -0.2) is 4.79 Å². The number of amides is 4. The van der Waals surface area contributed by atoms with Gasteiger partial charge in [0.15, 0.2) is 0 Å². The number of imide groups is 1. The first-order valence-electron chi connectivity index (χ1n) is 11.0. The highest BCUT2D eigenvalue weighted by atomic mass is 16.2. The Kier molecular flexibility index (Phi) is 7.45. The molecule has 0 aromatic heterocycles. The highest BCUT2D eigenvalue weighted by Gasteiger charge is 2.47. The Labute approximate surface area is 184 Å². The van der Waals surface area contributed by atoms with Crippen molar-refractivity contribution in [2.24, 2.45) is 0 Å². The molecule has 3 rings (SSSR count). The Bertz CT molecular complexity index is 861. The maximum absolute atomic E-state index is 12.9. The van der Waals surface area contributed by atoms with Crippen LogP contribution in [-0.4, -0.2) is 34.8 Å². The maximum atomic E-state index is 12.9. The largest absolute Gasteiger partial charge is 0.344 e. The monoisotopic (exact) mass is 421 g/mol. The third-order valence-corrected chi connectivity index (χ3v) is 5.75. The molecule has 31 heavy (non-hydrogen) atoms. The van der Waals surface area contributed by atoms with E-state index in [4.69, 9.17) is 0 Å². The summed E-state index contributed by atoms with van der Waals surface area (Å²) in [6, 6.07) is 18.4. The second kappa shape index (κ2) is 10.2. The summed E-state index contributed by atoms with van der Waals surface area (Å²) in [6.45, 7) is 3.57. The van der Waals surface area contributed by atoms with Crippen LogP contribution < -0.4 is 10.6 Å². The molecular weight excluding hydrogens is 390 g/mol. The number of unbranched alkanes of at least 4 members (excludes halogenated alkanes) is 3. The SMILES string of the molecule is CCCCCC[C@@]1(C)NC(=O)N(CC(=O)NC(c2ccccc2)c2ccccc2)C1=O. The molecule has 1 saturated heterocycles. The van der Waals surface area contributed by atoms with Gasteiger partial charge in [-0.2, -0.15) is 0 Å². The first kappa shape index (κ1) is 22.5. The van der Waals surface area contributed by atoms with Crippen LogP contribution in [0.5, 0.6) is 0 Å². The molecule has 1 aliphatic rings. The molecule has 1 fully saturated rings. The third kappa shape index (κ3) is 5.51. The van der Waals surface area contributed by atoms with Crippen molar-refractivity contribution in [1.82, 2.24) is 15.5 Å². The second-order valence-electron chi connectivity index (χ2n) is 8.29. The minimum absolute atomic E-state index is 0.300. The van der Waals surface area contributed by atoms with E-state index >= 15 is 0 Å². The van der Waals surface area contributed by atoms with Gasteiger partial charge in [0, 0.05) is 0 Å². The van der Waals surface area contributed by atoms with Gasteiger partial charge in [0.25, 0.3) is 5.91 Å². The van der Waals surface area contributed by atoms with Crippen LogP contribution in [0.4, 0.5) is 4.79 Å². The number of rotatable bonds is 10. The molecule has 0 saturated carbocycles. The lowest BCUT2D eigenvalue weighted by atomic mass is 9.94. The van der Waals surface area contributed by atoms with Crippen molar-refractivity contribution >= 4 is 17.8 Å². The van der Waals surface area contributed by atoms with Crippen molar-refractivity contribution in [2.45, 2.75) is 57.5 Å². The Morgan fingerprint density at radius 3 is 2.10 bits per heavy atom. The first-order chi connectivity index (χ1) is 14.9. The van der Waals surface area contributed by atoms with Crippen molar-refractivity contribution in [3.63, 3.8) is 0 Å². The van der Waals surface area contributed by atoms with Gasteiger partial charge in [0.2, 0.25) is 5.91 Å². The highest BCUT2D eigenvalue weighted by Crippen LogP contribution is 2.25. The average Bonchev–Trinajstić information content (AvgIpc) is 2.99. The molecular formula is C25H31N3O3. The predicted molar refractivity (Wildman–Crippen MR) is 120 cm³/mol. The van der Waals surface area contributed by atoms with Crippen LogP contribution in [-0.2, 0) is 9.59 Å². The zero-order chi connectivity index (χ0) is 22.3. The van der Waals surface area contributed by atoms with E-state index in [2.05, 4.69) is 17.6 Å². The van der Waals surface area contributed by atoms with Gasteiger partial charge in [-0.15, -0.1) is 0 Å². The Morgan fingerprint density at radius 1 is 0.968 bits per heavy atom. The van der Waals surface area contributed by atoms with E-state index in [0.717, 1.165) is 41.7 Å². The minimum Gasteiger partial charge on any atom is -0.344 e. The van der Waals surface area contributed by atoms with Gasteiger partial charge in [0.1, 0.15) is 12.1 Å². The molecule has 0 spiro atoms. The van der Waals surface area contributed by atoms with Gasteiger partial charge in [-0.1, -0.05) is 93.3 Å². The highest BCUT2D eigenvalue weighted by molar-refractivity contribution is 6.08. The molecule has 1 heterocycles. The van der Waals surface area contributed by atoms with Gasteiger partial charge in [0.05, 0.1) is 6.04 Å². The van der Waals surface area contributed by atoms with Crippen molar-refractivity contribution in [3.05, 3.63) is 71.8 Å². The zero-order valence-corrected chi connectivity index (χ0v) is 18.3. The van der Waals surface area contributed by atoms with Crippen molar-refractivity contribution < 1.29 is 14.4 Å². The molecule has 6 nitrogen and oxygen atoms in total. The Hall–Kier alpha value is -3.15. The van der Waals surface area contributed by atoms with E-state index in [1.54, 1.807) is 6.92 Å². The fourth-order valence-electron chi connectivity index (χ4n) is 3.97. The summed E-state index contributed by atoms with van der Waals surface area (Å²) in [7, 11) is 0. The van der Waals surface area contributed by atoms with E-state index in [1.165, 1.54) is 0 Å². The lowest BCUT2D eigenvalue weighted by Crippen LogP contribution is -2.45. The van der Waals surface area contributed by atoms with Crippen LogP contribution in [0.2, 0.25) is 0 Å². The van der Waals surface area contributed by atoms with Crippen LogP contribution in [0.1, 0.15) is 63.1 Å². The Morgan fingerprint density at radius 2 is 1.55 bits per heavy atom. The summed E-state index contributed by atoms with van der Waals surface area (Å²) in [6.07, 6.45) is 4.66. The number of carbonyl (C=O) groups excluding carboxylic acids is 3. The molecule has 4 amide bonds. The number of hydrogen-bond donors (Lipinski definition) is 2. The number of nitrogens with one attached hydrogen (secondary N) is 2. The summed E-state index contributed by atoms with van der Waals surface area (Å²) in [5.74, 6) is -0.712. The number of benzene rings is 2. The van der Waals surface area contributed by atoms with Crippen LogP contribution in [0.15, 0.2) is 60.7 Å². The van der Waals surface area contributed by atoms with Crippen LogP contribution >= 0.6 is 0 Å². The normalized spacial score (nSPS) is 18.4. The Balaban J connectivity index is 1.68. The molecule has 6 heteroatoms. The number of urea groups is 1. The zero-order valence-electron chi connectivity index (χ0n) is 18.3. The number of nitrogens with zero attached hydrogens (tertiary/aromatic N) is 1. The summed E-state index contributed by atoms with van der Waals surface area (Å²) >= 11 is 0. The lowest BCUT2D eigenvalue weighted by molar-refractivity contribution is -0.134. The molecule has 164 valence electrons. The molecule has 1 aliphatic heterocycles. The lowest BCUT2D eigenvalue weighted by Gasteiger charge is -2.23. The van der Waals surface area contributed by atoms with E-state index in [1.807, 2.05) is 60.7 Å². The molecule has 2 aromatic carbocycles. The van der Waals surface area contributed by atoms with Gasteiger partial charge >= 0.3 is 6.03 Å².